The number of nitrogens with two attached hydrogens (primary N) is 1. The smallest absolute Gasteiger partial charge is 0.218 e. The first-order chi connectivity index (χ1) is 8.29. The Morgan fingerprint density at radius 3 is 3.00 bits per heavy atom. The van der Waals surface area contributed by atoms with Crippen LogP contribution in [0.3, 0.4) is 0 Å². The Kier molecular flexibility index (Phi) is 3.34. The molecule has 2 aromatic rings. The van der Waals surface area contributed by atoms with Crippen LogP contribution in [0, 0.1) is 0 Å². The Morgan fingerprint density at radius 2 is 2.24 bits per heavy atom. The normalized spacial score (nSPS) is 9.94. The molecule has 2 aromatic heterocycles. The van der Waals surface area contributed by atoms with Crippen LogP contribution in [0.15, 0.2) is 30.7 Å². The highest BCUT2D eigenvalue weighted by atomic mass is 16.5. The number of hydrogen-bond acceptors (Lipinski definition) is 6. The summed E-state index contributed by atoms with van der Waals surface area (Å²) in [4.78, 5) is 12.0. The third-order valence-corrected chi connectivity index (χ3v) is 2.19. The van der Waals surface area contributed by atoms with E-state index in [0.717, 1.165) is 5.56 Å². The summed E-state index contributed by atoms with van der Waals surface area (Å²) in [5.41, 5.74) is 6.51. The molecule has 0 unspecified atom stereocenters. The van der Waals surface area contributed by atoms with Crippen LogP contribution in [-0.2, 0) is 6.54 Å². The van der Waals surface area contributed by atoms with Gasteiger partial charge in [0, 0.05) is 24.4 Å². The largest absolute Gasteiger partial charge is 0.481 e. The summed E-state index contributed by atoms with van der Waals surface area (Å²) < 4.78 is 5.15. The van der Waals surface area contributed by atoms with E-state index >= 15 is 0 Å². The Balaban J connectivity index is 2.07. The van der Waals surface area contributed by atoms with Crippen molar-refractivity contribution in [3.05, 3.63) is 36.3 Å². The van der Waals surface area contributed by atoms with E-state index in [-0.39, 0.29) is 0 Å². The standard InChI is InChI=1S/C11H13N5O/c1-17-11-8(3-2-4-13-11)6-14-10-5-9(12)15-7-16-10/h2-5,7H,6H2,1H3,(H3,12,14,15,16). The number of nitrogens with zero attached hydrogens (tertiary/aromatic N) is 3. The maximum Gasteiger partial charge on any atom is 0.218 e. The van der Waals surface area contributed by atoms with E-state index in [1.165, 1.54) is 6.33 Å². The Morgan fingerprint density at radius 1 is 1.35 bits per heavy atom. The van der Waals surface area contributed by atoms with Gasteiger partial charge in [0.2, 0.25) is 5.88 Å². The molecule has 0 atom stereocenters. The second-order valence-corrected chi connectivity index (χ2v) is 3.35. The average Bonchev–Trinajstić information content (AvgIpc) is 2.37. The highest BCUT2D eigenvalue weighted by Gasteiger charge is 2.03. The number of methoxy groups -OCH3 is 1. The number of pyridine rings is 1. The number of hydrogen-bond donors (Lipinski definition) is 2. The average molecular weight is 231 g/mol. The molecule has 2 rings (SSSR count). The molecule has 0 saturated carbocycles. The Bertz CT molecular complexity index is 503. The summed E-state index contributed by atoms with van der Waals surface area (Å²) in [6.07, 6.45) is 3.10. The zero-order chi connectivity index (χ0) is 12.1. The molecule has 0 spiro atoms. The number of nitrogens with one attached hydrogen (secondary N) is 1. The first kappa shape index (κ1) is 11.1. The lowest BCUT2D eigenvalue weighted by Gasteiger charge is -2.08. The van der Waals surface area contributed by atoms with E-state index < -0.39 is 0 Å². The maximum atomic E-state index is 5.56. The lowest BCUT2D eigenvalue weighted by atomic mass is 10.2. The molecule has 6 heteroatoms. The molecule has 0 saturated heterocycles. The van der Waals surface area contributed by atoms with Crippen molar-refractivity contribution in [3.63, 3.8) is 0 Å². The minimum atomic E-state index is 0.431. The molecule has 0 aliphatic rings. The highest BCUT2D eigenvalue weighted by molar-refractivity contribution is 5.44. The number of aromatic nitrogens is 3. The van der Waals surface area contributed by atoms with E-state index in [1.807, 2.05) is 12.1 Å². The molecule has 0 aliphatic carbocycles. The molecular formula is C11H13N5O. The molecule has 0 amide bonds. The van der Waals surface area contributed by atoms with Gasteiger partial charge in [-0.1, -0.05) is 6.07 Å². The van der Waals surface area contributed by atoms with Crippen LogP contribution in [-0.4, -0.2) is 22.1 Å². The van der Waals surface area contributed by atoms with Crippen molar-refractivity contribution in [3.8, 4) is 5.88 Å². The van der Waals surface area contributed by atoms with Gasteiger partial charge in [-0.2, -0.15) is 0 Å². The summed E-state index contributed by atoms with van der Waals surface area (Å²) in [5.74, 6) is 1.70. The zero-order valence-electron chi connectivity index (χ0n) is 9.42. The van der Waals surface area contributed by atoms with Gasteiger partial charge in [-0.15, -0.1) is 0 Å². The lowest BCUT2D eigenvalue weighted by molar-refractivity contribution is 0.393. The van der Waals surface area contributed by atoms with Crippen molar-refractivity contribution in [1.82, 2.24) is 15.0 Å². The second kappa shape index (κ2) is 5.11. The first-order valence-corrected chi connectivity index (χ1v) is 5.09. The Labute approximate surface area is 98.9 Å². The van der Waals surface area contributed by atoms with Crippen molar-refractivity contribution in [2.45, 2.75) is 6.54 Å². The highest BCUT2D eigenvalue weighted by Crippen LogP contribution is 2.15. The minimum absolute atomic E-state index is 0.431. The molecule has 88 valence electrons. The van der Waals surface area contributed by atoms with E-state index in [2.05, 4.69) is 20.3 Å². The molecule has 6 nitrogen and oxygen atoms in total. The van der Waals surface area contributed by atoms with Crippen LogP contribution in [0.5, 0.6) is 5.88 Å². The van der Waals surface area contributed by atoms with Gasteiger partial charge in [-0.25, -0.2) is 15.0 Å². The third kappa shape index (κ3) is 2.81. The van der Waals surface area contributed by atoms with Gasteiger partial charge in [-0.3, -0.25) is 0 Å². The van der Waals surface area contributed by atoms with Crippen LogP contribution >= 0.6 is 0 Å². The Hall–Kier alpha value is -2.37. The van der Waals surface area contributed by atoms with E-state index in [9.17, 15) is 0 Å². The number of ether oxygens (including phenoxy) is 1. The number of anilines is 2. The van der Waals surface area contributed by atoms with Crippen LogP contribution in [0.2, 0.25) is 0 Å². The molecule has 0 bridgehead atoms. The first-order valence-electron chi connectivity index (χ1n) is 5.09. The van der Waals surface area contributed by atoms with Crippen LogP contribution in [0.25, 0.3) is 0 Å². The van der Waals surface area contributed by atoms with Gasteiger partial charge in [0.05, 0.1) is 7.11 Å². The fourth-order valence-corrected chi connectivity index (χ4v) is 1.40. The quantitative estimate of drug-likeness (QED) is 0.818. The minimum Gasteiger partial charge on any atom is -0.481 e. The van der Waals surface area contributed by atoms with Gasteiger partial charge in [0.1, 0.15) is 18.0 Å². The predicted octanol–water partition coefficient (Wildman–Crippen LogP) is 1.07. The summed E-state index contributed by atoms with van der Waals surface area (Å²) in [7, 11) is 1.59. The van der Waals surface area contributed by atoms with Crippen LogP contribution in [0.4, 0.5) is 11.6 Å². The lowest BCUT2D eigenvalue weighted by Crippen LogP contribution is -2.05. The fourth-order valence-electron chi connectivity index (χ4n) is 1.40. The molecule has 3 N–H and O–H groups in total. The van der Waals surface area contributed by atoms with Crippen molar-refractivity contribution in [2.24, 2.45) is 0 Å². The fraction of sp³-hybridized carbons (Fsp3) is 0.182. The molecule has 0 aliphatic heterocycles. The van der Waals surface area contributed by atoms with Gasteiger partial charge in [-0.05, 0) is 6.07 Å². The predicted molar refractivity (Wildman–Crippen MR) is 64.6 cm³/mol. The van der Waals surface area contributed by atoms with Crippen molar-refractivity contribution < 1.29 is 4.74 Å². The number of nitrogen functional groups attached to an aromatic ring is 1. The third-order valence-electron chi connectivity index (χ3n) is 2.19. The molecule has 17 heavy (non-hydrogen) atoms. The van der Waals surface area contributed by atoms with E-state index in [4.69, 9.17) is 10.5 Å². The van der Waals surface area contributed by atoms with Gasteiger partial charge in [0.15, 0.2) is 0 Å². The van der Waals surface area contributed by atoms with Crippen LogP contribution < -0.4 is 15.8 Å². The topological polar surface area (TPSA) is 86.0 Å². The van der Waals surface area contributed by atoms with Gasteiger partial charge in [0.25, 0.3) is 0 Å². The summed E-state index contributed by atoms with van der Waals surface area (Å²) in [5, 5.41) is 3.13. The maximum absolute atomic E-state index is 5.56. The molecule has 0 radical (unpaired) electrons. The zero-order valence-corrected chi connectivity index (χ0v) is 9.42. The van der Waals surface area contributed by atoms with Gasteiger partial charge >= 0.3 is 0 Å². The van der Waals surface area contributed by atoms with Crippen molar-refractivity contribution >= 4 is 11.6 Å². The van der Waals surface area contributed by atoms with Gasteiger partial charge < -0.3 is 15.8 Å². The van der Waals surface area contributed by atoms with Crippen molar-refractivity contribution in [1.29, 1.82) is 0 Å². The van der Waals surface area contributed by atoms with Crippen molar-refractivity contribution in [2.75, 3.05) is 18.2 Å². The number of rotatable bonds is 4. The summed E-state index contributed by atoms with van der Waals surface area (Å²) in [6, 6.07) is 5.46. The molecule has 0 aromatic carbocycles. The molecular weight excluding hydrogens is 218 g/mol. The second-order valence-electron chi connectivity index (χ2n) is 3.35. The summed E-state index contributed by atoms with van der Waals surface area (Å²) >= 11 is 0. The molecule has 0 fully saturated rings. The molecule has 2 heterocycles. The monoisotopic (exact) mass is 231 g/mol. The summed E-state index contributed by atoms with van der Waals surface area (Å²) in [6.45, 7) is 0.563. The SMILES string of the molecule is COc1ncccc1CNc1cc(N)ncn1. The van der Waals surface area contributed by atoms with Crippen LogP contribution in [0.1, 0.15) is 5.56 Å². The van der Waals surface area contributed by atoms with E-state index in [0.29, 0.717) is 24.1 Å². The van der Waals surface area contributed by atoms with E-state index in [1.54, 1.807) is 19.4 Å².